The molecule has 0 aliphatic carbocycles. The summed E-state index contributed by atoms with van der Waals surface area (Å²) in [7, 11) is 0. The molecule has 0 unspecified atom stereocenters. The number of carbonyl (C=O) groups excluding carboxylic acids is 1. The third-order valence-electron chi connectivity index (χ3n) is 7.61. The number of nitrogens with zero attached hydrogens (tertiary/aromatic N) is 3. The molecule has 5 rings (SSSR count). The van der Waals surface area contributed by atoms with E-state index in [9.17, 15) is 22.4 Å². The van der Waals surface area contributed by atoms with E-state index in [4.69, 9.17) is 4.74 Å². The van der Waals surface area contributed by atoms with Crippen molar-refractivity contribution in [3.05, 3.63) is 65.0 Å². The number of nitrogens with one attached hydrogen (secondary N) is 1. The Balaban J connectivity index is 1.33. The van der Waals surface area contributed by atoms with Gasteiger partial charge in [0.05, 0.1) is 30.7 Å². The van der Waals surface area contributed by atoms with E-state index < -0.39 is 17.7 Å². The first kappa shape index (κ1) is 25.9. The Kier molecular flexibility index (Phi) is 7.69. The SMILES string of the molecule is O=C(NCCN1CCOCC1)[C@H]1Cc2cc(C(F)(F)F)ccc2N2CCN(Cc3ccc(F)cc3)C[C@@H]12. The molecule has 2 atom stereocenters. The molecule has 3 aliphatic rings. The molecule has 3 heterocycles. The van der Waals surface area contributed by atoms with Crippen molar-refractivity contribution < 1.29 is 27.1 Å². The summed E-state index contributed by atoms with van der Waals surface area (Å²) in [6, 6.07) is 10.1. The van der Waals surface area contributed by atoms with Gasteiger partial charge in [-0.3, -0.25) is 14.6 Å². The van der Waals surface area contributed by atoms with Crippen LogP contribution in [-0.2, 0) is 28.7 Å². The van der Waals surface area contributed by atoms with E-state index >= 15 is 0 Å². The average molecular weight is 521 g/mol. The van der Waals surface area contributed by atoms with Crippen molar-refractivity contribution in [3.63, 3.8) is 0 Å². The Bertz CT molecular complexity index is 1090. The fraction of sp³-hybridized carbons (Fsp3) is 0.519. The number of rotatable bonds is 6. The third-order valence-corrected chi connectivity index (χ3v) is 7.61. The van der Waals surface area contributed by atoms with E-state index in [0.29, 0.717) is 58.0 Å². The lowest BCUT2D eigenvalue weighted by Gasteiger charge is -2.49. The Hall–Kier alpha value is -2.69. The lowest BCUT2D eigenvalue weighted by Crippen LogP contribution is -2.61. The van der Waals surface area contributed by atoms with E-state index in [1.54, 1.807) is 18.2 Å². The number of alkyl halides is 3. The molecular weight excluding hydrogens is 488 g/mol. The lowest BCUT2D eigenvalue weighted by atomic mass is 9.82. The molecule has 6 nitrogen and oxygen atoms in total. The summed E-state index contributed by atoms with van der Waals surface area (Å²) >= 11 is 0. The number of halogens is 4. The van der Waals surface area contributed by atoms with Crippen LogP contribution in [-0.4, -0.2) is 80.8 Å². The maximum absolute atomic E-state index is 13.4. The standard InChI is InChI=1S/C27H32F4N4O2/c28-22-4-1-19(2-5-22)17-34-9-10-35-24-6-3-21(27(29,30)31)15-20(24)16-23(25(35)18-34)26(36)32-7-8-33-11-13-37-14-12-33/h1-6,15,23,25H,7-14,16-18H2,(H,32,36)/t23-,25-/m0/s1. The van der Waals surface area contributed by atoms with Crippen LogP contribution in [0.5, 0.6) is 0 Å². The van der Waals surface area contributed by atoms with E-state index in [0.717, 1.165) is 30.4 Å². The number of piperazine rings is 1. The van der Waals surface area contributed by atoms with E-state index in [-0.39, 0.29) is 24.2 Å². The van der Waals surface area contributed by atoms with Gasteiger partial charge >= 0.3 is 6.18 Å². The molecule has 0 bridgehead atoms. The molecule has 200 valence electrons. The summed E-state index contributed by atoms with van der Waals surface area (Å²) in [4.78, 5) is 20.0. The molecule has 0 spiro atoms. The van der Waals surface area contributed by atoms with Gasteiger partial charge in [-0.15, -0.1) is 0 Å². The molecule has 10 heteroatoms. The molecule has 2 saturated heterocycles. The monoisotopic (exact) mass is 520 g/mol. The van der Waals surface area contributed by atoms with Crippen LogP contribution in [0.2, 0.25) is 0 Å². The van der Waals surface area contributed by atoms with Crippen molar-refractivity contribution in [3.8, 4) is 0 Å². The minimum Gasteiger partial charge on any atom is -0.379 e. The highest BCUT2D eigenvalue weighted by Crippen LogP contribution is 2.40. The summed E-state index contributed by atoms with van der Waals surface area (Å²) in [5, 5.41) is 3.05. The topological polar surface area (TPSA) is 48.1 Å². The normalized spacial score (nSPS) is 22.9. The zero-order valence-electron chi connectivity index (χ0n) is 20.6. The molecule has 2 fully saturated rings. The summed E-state index contributed by atoms with van der Waals surface area (Å²) in [5.41, 5.74) is 1.63. The van der Waals surface area contributed by atoms with E-state index in [1.807, 2.05) is 0 Å². The Morgan fingerprint density at radius 2 is 1.76 bits per heavy atom. The van der Waals surface area contributed by atoms with Gasteiger partial charge in [-0.25, -0.2) is 4.39 Å². The van der Waals surface area contributed by atoms with Gasteiger partial charge in [0.15, 0.2) is 0 Å². The molecule has 0 radical (unpaired) electrons. The van der Waals surface area contributed by atoms with Crippen LogP contribution in [0.25, 0.3) is 0 Å². The minimum absolute atomic E-state index is 0.130. The zero-order chi connectivity index (χ0) is 26.0. The van der Waals surface area contributed by atoms with Gasteiger partial charge in [0.1, 0.15) is 5.82 Å². The van der Waals surface area contributed by atoms with Crippen LogP contribution in [0.4, 0.5) is 23.2 Å². The van der Waals surface area contributed by atoms with Crippen LogP contribution < -0.4 is 10.2 Å². The van der Waals surface area contributed by atoms with Crippen molar-refractivity contribution in [2.24, 2.45) is 5.92 Å². The number of amides is 1. The van der Waals surface area contributed by atoms with Crippen molar-refractivity contribution >= 4 is 11.6 Å². The highest BCUT2D eigenvalue weighted by molar-refractivity contribution is 5.82. The molecule has 1 N–H and O–H groups in total. The first-order chi connectivity index (χ1) is 17.8. The number of morpholine rings is 1. The second kappa shape index (κ2) is 11.0. The summed E-state index contributed by atoms with van der Waals surface area (Å²) in [5.74, 6) is -0.892. The second-order valence-corrected chi connectivity index (χ2v) is 10.0. The zero-order valence-corrected chi connectivity index (χ0v) is 20.6. The fourth-order valence-electron chi connectivity index (χ4n) is 5.64. The van der Waals surface area contributed by atoms with Crippen LogP contribution in [0, 0.1) is 11.7 Å². The molecule has 37 heavy (non-hydrogen) atoms. The highest BCUT2D eigenvalue weighted by Gasteiger charge is 2.42. The Labute approximate surface area is 214 Å². The summed E-state index contributed by atoms with van der Waals surface area (Å²) in [6.45, 7) is 6.70. The summed E-state index contributed by atoms with van der Waals surface area (Å²) < 4.78 is 59.0. The van der Waals surface area contributed by atoms with Crippen molar-refractivity contribution in [1.29, 1.82) is 0 Å². The number of carbonyl (C=O) groups is 1. The maximum Gasteiger partial charge on any atom is 0.416 e. The van der Waals surface area contributed by atoms with Gasteiger partial charge in [0.25, 0.3) is 0 Å². The van der Waals surface area contributed by atoms with Crippen molar-refractivity contribution in [1.82, 2.24) is 15.1 Å². The van der Waals surface area contributed by atoms with Gasteiger partial charge in [-0.05, 0) is 47.9 Å². The number of fused-ring (bicyclic) bond motifs is 3. The predicted octanol–water partition coefficient (Wildman–Crippen LogP) is 3.16. The highest BCUT2D eigenvalue weighted by atomic mass is 19.4. The lowest BCUT2D eigenvalue weighted by molar-refractivity contribution is -0.137. The largest absolute Gasteiger partial charge is 0.416 e. The molecule has 0 saturated carbocycles. The minimum atomic E-state index is -4.43. The number of anilines is 1. The Morgan fingerprint density at radius 1 is 1.00 bits per heavy atom. The molecule has 3 aliphatic heterocycles. The third kappa shape index (κ3) is 6.08. The predicted molar refractivity (Wildman–Crippen MR) is 132 cm³/mol. The van der Waals surface area contributed by atoms with Gasteiger partial charge in [0, 0.05) is 58.0 Å². The first-order valence-corrected chi connectivity index (χ1v) is 12.8. The maximum atomic E-state index is 13.4. The quantitative estimate of drug-likeness (QED) is 0.594. The Morgan fingerprint density at radius 3 is 2.49 bits per heavy atom. The molecule has 2 aromatic rings. The van der Waals surface area contributed by atoms with Gasteiger partial charge in [0.2, 0.25) is 5.91 Å². The van der Waals surface area contributed by atoms with Crippen LogP contribution in [0.1, 0.15) is 16.7 Å². The number of hydrogen-bond donors (Lipinski definition) is 1. The molecule has 0 aromatic heterocycles. The smallest absolute Gasteiger partial charge is 0.379 e. The first-order valence-electron chi connectivity index (χ1n) is 12.8. The van der Waals surface area contributed by atoms with E-state index in [1.165, 1.54) is 18.2 Å². The fourth-order valence-corrected chi connectivity index (χ4v) is 5.64. The van der Waals surface area contributed by atoms with Gasteiger partial charge in [-0.1, -0.05) is 12.1 Å². The van der Waals surface area contributed by atoms with Gasteiger partial charge < -0.3 is 15.0 Å². The number of hydrogen-bond acceptors (Lipinski definition) is 5. The number of benzene rings is 2. The van der Waals surface area contributed by atoms with Crippen molar-refractivity contribution in [2.45, 2.75) is 25.2 Å². The summed E-state index contributed by atoms with van der Waals surface area (Å²) in [6.07, 6.45) is -4.18. The van der Waals surface area contributed by atoms with Crippen molar-refractivity contribution in [2.75, 3.05) is 63.9 Å². The second-order valence-electron chi connectivity index (χ2n) is 10.0. The van der Waals surface area contributed by atoms with Gasteiger partial charge in [-0.2, -0.15) is 13.2 Å². The van der Waals surface area contributed by atoms with Crippen LogP contribution in [0.15, 0.2) is 42.5 Å². The molecule has 1 amide bonds. The molecular formula is C27H32F4N4O2. The van der Waals surface area contributed by atoms with Crippen LogP contribution in [0.3, 0.4) is 0 Å². The number of ether oxygens (including phenoxy) is 1. The molecule has 2 aromatic carbocycles. The van der Waals surface area contributed by atoms with Crippen LogP contribution >= 0.6 is 0 Å². The average Bonchev–Trinajstić information content (AvgIpc) is 2.89. The van der Waals surface area contributed by atoms with E-state index in [2.05, 4.69) is 20.0 Å².